The summed E-state index contributed by atoms with van der Waals surface area (Å²) in [4.78, 5) is 29.0. The third-order valence-electron chi connectivity index (χ3n) is 5.42. The number of benzene rings is 2. The summed E-state index contributed by atoms with van der Waals surface area (Å²) in [6.07, 6.45) is 9.50. The van der Waals surface area contributed by atoms with Crippen LogP contribution in [0.1, 0.15) is 33.5 Å². The second-order valence-electron chi connectivity index (χ2n) is 7.72. The number of thioether (sulfide) groups is 1. The van der Waals surface area contributed by atoms with E-state index < -0.39 is 17.9 Å². The van der Waals surface area contributed by atoms with Crippen molar-refractivity contribution in [3.8, 4) is 16.9 Å². The molecule has 1 aromatic heterocycles. The van der Waals surface area contributed by atoms with E-state index in [1.54, 1.807) is 43.4 Å². The van der Waals surface area contributed by atoms with E-state index in [-0.39, 0.29) is 29.6 Å². The number of hydrogen-bond acceptors (Lipinski definition) is 5. The fraction of sp³-hybridized carbons (Fsp3) is 0.222. The number of nitrogens with one attached hydrogen (secondary N) is 1. The Hall–Kier alpha value is -2.58. The zero-order chi connectivity index (χ0) is 24.5. The van der Waals surface area contributed by atoms with Crippen LogP contribution in [0.4, 0.5) is 0 Å². The van der Waals surface area contributed by atoms with Crippen LogP contribution in [0.2, 0.25) is 0 Å². The number of carbonyl (C=O) groups excluding carboxylic acids is 1. The number of carboxylic acid groups (broad SMARTS) is 1. The number of aliphatic carboxylic acids is 1. The van der Waals surface area contributed by atoms with E-state index in [9.17, 15) is 14.7 Å². The van der Waals surface area contributed by atoms with Gasteiger partial charge in [0.15, 0.2) is 0 Å². The molecule has 1 amide bonds. The third-order valence-corrected chi connectivity index (χ3v) is 6.07. The minimum absolute atomic E-state index is 0. The molecule has 0 bridgehead atoms. The number of aryl methyl sites for hydroxylation is 1. The van der Waals surface area contributed by atoms with Gasteiger partial charge in [0.25, 0.3) is 5.91 Å². The Morgan fingerprint density at radius 3 is 2.60 bits per heavy atom. The molecule has 0 aliphatic rings. The zero-order valence-corrected chi connectivity index (χ0v) is 20.3. The molecule has 2 aromatic carbocycles. The van der Waals surface area contributed by atoms with Gasteiger partial charge in [-0.1, -0.05) is 36.4 Å². The summed E-state index contributed by atoms with van der Waals surface area (Å²) >= 11 is 1.54. The number of nitrogens with zero attached hydrogens (tertiary/aromatic N) is 1. The van der Waals surface area contributed by atoms with Gasteiger partial charge in [-0.2, -0.15) is 11.8 Å². The number of methoxy groups -OCH3 is 1. The quantitative estimate of drug-likeness (QED) is 0.398. The van der Waals surface area contributed by atoms with Crippen LogP contribution in [0, 0.1) is 6.92 Å². The van der Waals surface area contributed by atoms with E-state index in [2.05, 4.69) is 10.3 Å². The van der Waals surface area contributed by atoms with E-state index >= 15 is 0 Å². The van der Waals surface area contributed by atoms with Crippen molar-refractivity contribution < 1.29 is 19.4 Å². The number of carboxylic acids is 1. The van der Waals surface area contributed by atoms with Crippen molar-refractivity contribution in [2.24, 2.45) is 0 Å². The van der Waals surface area contributed by atoms with Crippen molar-refractivity contribution in [3.05, 3.63) is 83.2 Å². The Morgan fingerprint density at radius 1 is 1.14 bits per heavy atom. The summed E-state index contributed by atoms with van der Waals surface area (Å²) < 4.78 is 5.38. The van der Waals surface area contributed by atoms with Crippen molar-refractivity contribution in [3.63, 3.8) is 0 Å². The summed E-state index contributed by atoms with van der Waals surface area (Å²) in [5, 5.41) is 12.2. The van der Waals surface area contributed by atoms with Crippen LogP contribution >= 0.6 is 11.8 Å². The molecular formula is C27H29N2NaO4S. The van der Waals surface area contributed by atoms with Gasteiger partial charge in [-0.05, 0) is 71.9 Å². The average Bonchev–Trinajstić information content (AvgIpc) is 2.85. The van der Waals surface area contributed by atoms with E-state index in [1.807, 2.05) is 61.7 Å². The van der Waals surface area contributed by atoms with Gasteiger partial charge < -0.3 is 15.2 Å². The van der Waals surface area contributed by atoms with Gasteiger partial charge in [-0.3, -0.25) is 9.78 Å². The van der Waals surface area contributed by atoms with E-state index in [4.69, 9.17) is 4.74 Å². The summed E-state index contributed by atoms with van der Waals surface area (Å²) in [5.41, 5.74) is 4.83. The van der Waals surface area contributed by atoms with E-state index in [0.29, 0.717) is 23.5 Å². The number of amides is 1. The van der Waals surface area contributed by atoms with Crippen LogP contribution in [-0.4, -0.2) is 76.7 Å². The van der Waals surface area contributed by atoms with Crippen molar-refractivity contribution in [1.82, 2.24) is 10.3 Å². The molecule has 0 saturated carbocycles. The Morgan fingerprint density at radius 2 is 1.91 bits per heavy atom. The Labute approximate surface area is 232 Å². The van der Waals surface area contributed by atoms with Gasteiger partial charge in [0.2, 0.25) is 0 Å². The third kappa shape index (κ3) is 7.70. The maximum atomic E-state index is 13.2. The molecule has 2 N–H and O–H groups in total. The van der Waals surface area contributed by atoms with Gasteiger partial charge in [0.1, 0.15) is 11.8 Å². The van der Waals surface area contributed by atoms with Crippen molar-refractivity contribution in [2.45, 2.75) is 19.4 Å². The van der Waals surface area contributed by atoms with Crippen LogP contribution in [0.3, 0.4) is 0 Å². The Kier molecular flexibility index (Phi) is 11.5. The minimum atomic E-state index is -1.04. The second kappa shape index (κ2) is 14.1. The summed E-state index contributed by atoms with van der Waals surface area (Å²) in [6.45, 7) is 1.98. The molecule has 6 nitrogen and oxygen atoms in total. The average molecular weight is 501 g/mol. The summed E-state index contributed by atoms with van der Waals surface area (Å²) in [5.74, 6) is -0.0870. The van der Waals surface area contributed by atoms with Crippen molar-refractivity contribution >= 4 is 65.3 Å². The first-order chi connectivity index (χ1) is 16.4. The molecule has 3 aromatic rings. The molecule has 0 aliphatic heterocycles. The first-order valence-electron chi connectivity index (χ1n) is 10.8. The maximum absolute atomic E-state index is 13.2. The van der Waals surface area contributed by atoms with Crippen LogP contribution in [0.25, 0.3) is 23.3 Å². The molecule has 0 saturated heterocycles. The van der Waals surface area contributed by atoms with Crippen LogP contribution < -0.4 is 10.1 Å². The van der Waals surface area contributed by atoms with Crippen LogP contribution in [-0.2, 0) is 4.79 Å². The van der Waals surface area contributed by atoms with E-state index in [0.717, 1.165) is 27.8 Å². The molecule has 35 heavy (non-hydrogen) atoms. The molecule has 0 spiro atoms. The van der Waals surface area contributed by atoms with Gasteiger partial charge in [0.05, 0.1) is 7.11 Å². The fourth-order valence-corrected chi connectivity index (χ4v) is 4.05. The summed E-state index contributed by atoms with van der Waals surface area (Å²) in [7, 11) is 1.61. The molecule has 8 heteroatoms. The number of pyridine rings is 1. The first-order valence-corrected chi connectivity index (χ1v) is 12.2. The predicted molar refractivity (Wildman–Crippen MR) is 145 cm³/mol. The fourth-order valence-electron chi connectivity index (χ4n) is 3.58. The molecule has 178 valence electrons. The van der Waals surface area contributed by atoms with Gasteiger partial charge in [-0.15, -0.1) is 0 Å². The van der Waals surface area contributed by atoms with Crippen molar-refractivity contribution in [1.29, 1.82) is 0 Å². The first kappa shape index (κ1) is 28.7. The molecule has 3 rings (SSSR count). The number of ether oxygens (including phenoxy) is 1. The predicted octanol–water partition coefficient (Wildman–Crippen LogP) is 4.52. The number of carbonyl (C=O) groups is 2. The SMILES string of the molecule is COc1ccncc1C=Cc1ccc(C(=O)NC(CCSC)C(=O)O)c(-c2ccccc2C)c1.[NaH]. The van der Waals surface area contributed by atoms with E-state index in [1.165, 1.54) is 0 Å². The molecular weight excluding hydrogens is 471 g/mol. The standard InChI is InChI=1S/C27H28N2O4S.Na.H/c1-18-6-4-5-7-21(18)23-16-19(8-10-20-17-28-14-12-25(20)33-2)9-11-22(23)26(30)29-24(27(31)32)13-15-34-3;;/h4-12,14,16-17,24H,13,15H2,1-3H3,(H,29,30)(H,31,32);;. The topological polar surface area (TPSA) is 88.5 Å². The second-order valence-corrected chi connectivity index (χ2v) is 8.70. The normalized spacial score (nSPS) is 11.5. The number of hydrogen-bond donors (Lipinski definition) is 2. The van der Waals surface area contributed by atoms with Crippen molar-refractivity contribution in [2.75, 3.05) is 19.1 Å². The number of aromatic nitrogens is 1. The zero-order valence-electron chi connectivity index (χ0n) is 19.4. The monoisotopic (exact) mass is 500 g/mol. The van der Waals surface area contributed by atoms with Gasteiger partial charge in [-0.25, -0.2) is 4.79 Å². The molecule has 0 aliphatic carbocycles. The Balaban J connectivity index is 0.00000432. The van der Waals surface area contributed by atoms with Crippen LogP contribution in [0.15, 0.2) is 60.9 Å². The van der Waals surface area contributed by atoms with Crippen LogP contribution in [0.5, 0.6) is 5.75 Å². The van der Waals surface area contributed by atoms with Gasteiger partial charge >= 0.3 is 35.5 Å². The molecule has 1 unspecified atom stereocenters. The Bertz CT molecular complexity index is 1200. The molecule has 0 radical (unpaired) electrons. The molecule has 0 fully saturated rings. The summed E-state index contributed by atoms with van der Waals surface area (Å²) in [6, 6.07) is 14.2. The van der Waals surface area contributed by atoms with Gasteiger partial charge in [0, 0.05) is 23.5 Å². The molecule has 1 heterocycles. The molecule has 1 atom stereocenters. The number of rotatable bonds is 10.